The van der Waals surface area contributed by atoms with Crippen LogP contribution in [0, 0.1) is 0 Å². The van der Waals surface area contributed by atoms with E-state index in [0.29, 0.717) is 5.92 Å². The summed E-state index contributed by atoms with van der Waals surface area (Å²) < 4.78 is 0. The molecule has 1 aliphatic heterocycles. The molecule has 0 bridgehead atoms. The lowest BCUT2D eigenvalue weighted by atomic mass is 10.1. The number of thiophene rings is 1. The van der Waals surface area contributed by atoms with Crippen molar-refractivity contribution in [2.45, 2.75) is 39.3 Å². The lowest BCUT2D eigenvalue weighted by molar-refractivity contribution is 0.244. The Morgan fingerprint density at radius 2 is 2.22 bits per heavy atom. The van der Waals surface area contributed by atoms with Gasteiger partial charge in [-0.1, -0.05) is 19.9 Å². The minimum absolute atomic E-state index is 0.393. The van der Waals surface area contributed by atoms with Crippen molar-refractivity contribution >= 4 is 21.6 Å². The van der Waals surface area contributed by atoms with E-state index in [1.165, 1.54) is 21.5 Å². The summed E-state index contributed by atoms with van der Waals surface area (Å²) in [6.45, 7) is 7.27. The van der Waals surface area contributed by atoms with Gasteiger partial charge < -0.3 is 0 Å². The summed E-state index contributed by atoms with van der Waals surface area (Å²) in [7, 11) is 0. The van der Waals surface area contributed by atoms with Gasteiger partial charge in [-0.25, -0.2) is 15.0 Å². The van der Waals surface area contributed by atoms with Gasteiger partial charge in [-0.15, -0.1) is 11.3 Å². The molecule has 4 rings (SSSR count). The van der Waals surface area contributed by atoms with Crippen molar-refractivity contribution in [3.63, 3.8) is 0 Å². The van der Waals surface area contributed by atoms with Crippen LogP contribution >= 0.6 is 11.3 Å². The molecule has 0 fully saturated rings. The Balaban J connectivity index is 1.51. The monoisotopic (exact) mass is 324 g/mol. The number of nitrogens with zero attached hydrogens (tertiary/aromatic N) is 4. The van der Waals surface area contributed by atoms with Crippen LogP contribution in [0.15, 0.2) is 30.6 Å². The fourth-order valence-corrected chi connectivity index (χ4v) is 4.07. The van der Waals surface area contributed by atoms with Crippen LogP contribution in [0.1, 0.15) is 41.7 Å². The molecule has 3 aromatic rings. The fraction of sp³-hybridized carbons (Fsp3) is 0.389. The zero-order valence-electron chi connectivity index (χ0n) is 13.5. The highest BCUT2D eigenvalue weighted by Gasteiger charge is 2.19. The molecule has 1 aliphatic rings. The van der Waals surface area contributed by atoms with Crippen molar-refractivity contribution in [3.05, 3.63) is 52.6 Å². The minimum Gasteiger partial charge on any atom is -0.293 e. The van der Waals surface area contributed by atoms with Crippen molar-refractivity contribution in [3.8, 4) is 0 Å². The highest BCUT2D eigenvalue weighted by molar-refractivity contribution is 7.18. The first-order valence-electron chi connectivity index (χ1n) is 8.09. The van der Waals surface area contributed by atoms with E-state index in [-0.39, 0.29) is 0 Å². The van der Waals surface area contributed by atoms with Gasteiger partial charge >= 0.3 is 0 Å². The van der Waals surface area contributed by atoms with Gasteiger partial charge in [0, 0.05) is 65.9 Å². The van der Waals surface area contributed by atoms with E-state index < -0.39 is 0 Å². The smallest absolute Gasteiger partial charge is 0.131 e. The van der Waals surface area contributed by atoms with Gasteiger partial charge in [0.15, 0.2) is 0 Å². The molecule has 23 heavy (non-hydrogen) atoms. The highest BCUT2D eigenvalue weighted by atomic mass is 32.1. The van der Waals surface area contributed by atoms with Crippen molar-refractivity contribution in [1.82, 2.24) is 19.9 Å². The molecular formula is C18H20N4S. The molecule has 0 spiro atoms. The summed E-state index contributed by atoms with van der Waals surface area (Å²) in [6, 6.07) is 6.40. The number of hydrogen-bond donors (Lipinski definition) is 0. The maximum Gasteiger partial charge on any atom is 0.131 e. The number of aromatic nitrogens is 3. The fourth-order valence-electron chi connectivity index (χ4n) is 3.03. The Morgan fingerprint density at radius 3 is 3.04 bits per heavy atom. The zero-order chi connectivity index (χ0) is 15.8. The van der Waals surface area contributed by atoms with Crippen LogP contribution in [-0.2, 0) is 19.5 Å². The van der Waals surface area contributed by atoms with Crippen LogP contribution in [0.5, 0.6) is 0 Å². The van der Waals surface area contributed by atoms with Crippen LogP contribution in [0.25, 0.3) is 10.2 Å². The Hall–Kier alpha value is -1.85. The molecule has 0 unspecified atom stereocenters. The molecule has 0 aliphatic carbocycles. The Kier molecular flexibility index (Phi) is 3.83. The molecule has 0 N–H and O–H groups in total. The lowest BCUT2D eigenvalue weighted by Gasteiger charge is -2.27. The van der Waals surface area contributed by atoms with Crippen molar-refractivity contribution in [2.75, 3.05) is 6.54 Å². The minimum atomic E-state index is 0.393. The van der Waals surface area contributed by atoms with E-state index in [9.17, 15) is 0 Å². The number of pyridine rings is 1. The average molecular weight is 324 g/mol. The first kappa shape index (κ1) is 14.7. The van der Waals surface area contributed by atoms with Gasteiger partial charge in [0.1, 0.15) is 10.7 Å². The van der Waals surface area contributed by atoms with Crippen LogP contribution in [-0.4, -0.2) is 26.4 Å². The molecule has 0 saturated heterocycles. The molecule has 4 nitrogen and oxygen atoms in total. The van der Waals surface area contributed by atoms with E-state index >= 15 is 0 Å². The van der Waals surface area contributed by atoms with Gasteiger partial charge in [0.25, 0.3) is 0 Å². The van der Waals surface area contributed by atoms with Crippen LogP contribution in [0.3, 0.4) is 0 Å². The van der Waals surface area contributed by atoms with E-state index in [1.54, 1.807) is 11.3 Å². The highest BCUT2D eigenvalue weighted by Crippen LogP contribution is 2.26. The molecule has 0 amide bonds. The summed E-state index contributed by atoms with van der Waals surface area (Å²) in [5, 5.41) is 1.25. The third-order valence-electron chi connectivity index (χ3n) is 4.27. The van der Waals surface area contributed by atoms with Crippen LogP contribution in [0.2, 0.25) is 0 Å². The SMILES string of the molecule is CC(C)c1ncc2c(n1)CCN(Cc1cc3cccnc3s1)C2. The second-order valence-corrected chi connectivity index (χ2v) is 7.54. The maximum atomic E-state index is 4.74. The Bertz CT molecular complexity index is 807. The number of rotatable bonds is 3. The van der Waals surface area contributed by atoms with Gasteiger partial charge in [-0.2, -0.15) is 0 Å². The Morgan fingerprint density at radius 1 is 1.30 bits per heavy atom. The summed E-state index contributed by atoms with van der Waals surface area (Å²) in [6.07, 6.45) is 4.90. The van der Waals surface area contributed by atoms with E-state index in [4.69, 9.17) is 4.98 Å². The standard InChI is InChI=1S/C18H20N4S/c1-12(2)17-20-9-14-10-22(7-5-16(14)21-17)11-15-8-13-4-3-6-19-18(13)23-15/h3-4,6,8-9,12H,5,7,10-11H2,1-2H3. The predicted molar refractivity (Wildman–Crippen MR) is 93.6 cm³/mol. The summed E-state index contributed by atoms with van der Waals surface area (Å²) >= 11 is 1.79. The third-order valence-corrected chi connectivity index (χ3v) is 5.32. The molecule has 3 aromatic heterocycles. The molecule has 0 saturated carbocycles. The largest absolute Gasteiger partial charge is 0.293 e. The molecule has 118 valence electrons. The topological polar surface area (TPSA) is 41.9 Å². The van der Waals surface area contributed by atoms with E-state index in [0.717, 1.165) is 36.7 Å². The first-order chi connectivity index (χ1) is 11.2. The van der Waals surface area contributed by atoms with Gasteiger partial charge in [0.05, 0.1) is 0 Å². The van der Waals surface area contributed by atoms with Crippen molar-refractivity contribution < 1.29 is 0 Å². The molecule has 0 atom stereocenters. The van der Waals surface area contributed by atoms with E-state index in [2.05, 4.69) is 40.8 Å². The second-order valence-electron chi connectivity index (χ2n) is 6.43. The molecule has 5 heteroatoms. The van der Waals surface area contributed by atoms with Gasteiger partial charge in [-0.05, 0) is 12.1 Å². The van der Waals surface area contributed by atoms with Crippen molar-refractivity contribution in [2.24, 2.45) is 0 Å². The summed E-state index contributed by atoms with van der Waals surface area (Å²) in [5.41, 5.74) is 2.51. The van der Waals surface area contributed by atoms with Crippen molar-refractivity contribution in [1.29, 1.82) is 0 Å². The van der Waals surface area contributed by atoms with Crippen LogP contribution in [0.4, 0.5) is 0 Å². The van der Waals surface area contributed by atoms with Gasteiger partial charge in [0.2, 0.25) is 0 Å². The van der Waals surface area contributed by atoms with Crippen LogP contribution < -0.4 is 0 Å². The quantitative estimate of drug-likeness (QED) is 0.735. The second kappa shape index (κ2) is 5.98. The first-order valence-corrected chi connectivity index (χ1v) is 8.91. The summed E-state index contributed by atoms with van der Waals surface area (Å²) in [5.74, 6) is 1.36. The zero-order valence-corrected chi connectivity index (χ0v) is 14.3. The van der Waals surface area contributed by atoms with E-state index in [1.807, 2.05) is 18.5 Å². The number of hydrogen-bond acceptors (Lipinski definition) is 5. The number of fused-ring (bicyclic) bond motifs is 2. The average Bonchev–Trinajstić information content (AvgIpc) is 2.96. The summed E-state index contributed by atoms with van der Waals surface area (Å²) in [4.78, 5) is 18.7. The van der Waals surface area contributed by atoms with Gasteiger partial charge in [-0.3, -0.25) is 4.90 Å². The molecule has 0 aromatic carbocycles. The maximum absolute atomic E-state index is 4.74. The lowest BCUT2D eigenvalue weighted by Crippen LogP contribution is -2.30. The molecule has 4 heterocycles. The third kappa shape index (κ3) is 2.99. The normalized spacial score (nSPS) is 15.3. The molecular weight excluding hydrogens is 304 g/mol. The Labute approximate surface area is 140 Å². The predicted octanol–water partition coefficient (Wildman–Crippen LogP) is 3.77. The molecule has 0 radical (unpaired) electrons.